The van der Waals surface area contributed by atoms with Crippen LogP contribution in [0, 0.1) is 0 Å². The molecule has 0 unspecified atom stereocenters. The van der Waals surface area contributed by atoms with E-state index in [-0.39, 0.29) is 11.6 Å². The molecule has 0 atom stereocenters. The van der Waals surface area contributed by atoms with Gasteiger partial charge < -0.3 is 10.5 Å². The first kappa shape index (κ1) is 7.16. The van der Waals surface area contributed by atoms with E-state index in [9.17, 15) is 4.79 Å². The lowest BCUT2D eigenvalue weighted by atomic mass is 10.2. The fraction of sp³-hybridized carbons (Fsp3) is 0.222. The quantitative estimate of drug-likeness (QED) is 0.535. The summed E-state index contributed by atoms with van der Waals surface area (Å²) in [7, 11) is 0. The molecule has 0 aliphatic heterocycles. The molecule has 64 valence electrons. The number of hydrogen-bond donors (Lipinski definition) is 1. The Morgan fingerprint density at radius 1 is 1.67 bits per heavy atom. The summed E-state index contributed by atoms with van der Waals surface area (Å²) in [5.74, 6) is -0.479. The lowest BCUT2D eigenvalue weighted by Crippen LogP contribution is -2.04. The zero-order valence-corrected chi connectivity index (χ0v) is 6.83. The SMILES string of the molecule is [3H]c1cc(N)ccc1C(=O)OCC. The Labute approximate surface area is 72.5 Å². The van der Waals surface area contributed by atoms with E-state index in [1.807, 2.05) is 0 Å². The van der Waals surface area contributed by atoms with Gasteiger partial charge in [-0.15, -0.1) is 0 Å². The van der Waals surface area contributed by atoms with Crippen LogP contribution in [0.3, 0.4) is 0 Å². The van der Waals surface area contributed by atoms with Crippen molar-refractivity contribution in [1.29, 1.82) is 0 Å². The van der Waals surface area contributed by atoms with E-state index in [0.717, 1.165) is 0 Å². The van der Waals surface area contributed by atoms with Gasteiger partial charge in [0.1, 0.15) is 0 Å². The smallest absolute Gasteiger partial charge is 0.338 e. The summed E-state index contributed by atoms with van der Waals surface area (Å²) in [4.78, 5) is 11.2. The average molecular weight is 167 g/mol. The predicted molar refractivity (Wildman–Crippen MR) is 46.8 cm³/mol. The summed E-state index contributed by atoms with van der Waals surface area (Å²) in [6.07, 6.45) is 0. The van der Waals surface area contributed by atoms with Gasteiger partial charge in [0.2, 0.25) is 0 Å². The van der Waals surface area contributed by atoms with E-state index >= 15 is 0 Å². The number of ether oxygens (including phenoxy) is 1. The van der Waals surface area contributed by atoms with Gasteiger partial charge >= 0.3 is 5.97 Å². The van der Waals surface area contributed by atoms with Crippen molar-refractivity contribution in [2.45, 2.75) is 6.92 Å². The number of carbonyl (C=O) groups excluding carboxylic acids is 1. The molecule has 0 aromatic heterocycles. The molecular weight excluding hydrogens is 154 g/mol. The Hall–Kier alpha value is -1.51. The van der Waals surface area contributed by atoms with Crippen LogP contribution in [0.4, 0.5) is 5.69 Å². The Bertz CT molecular complexity index is 325. The van der Waals surface area contributed by atoms with Crippen molar-refractivity contribution < 1.29 is 10.9 Å². The molecule has 0 amide bonds. The molecule has 0 fully saturated rings. The number of nitrogen functional groups attached to an aromatic ring is 1. The third-order valence-corrected chi connectivity index (χ3v) is 1.33. The number of hydrogen-bond acceptors (Lipinski definition) is 3. The van der Waals surface area contributed by atoms with Crippen molar-refractivity contribution in [2.75, 3.05) is 12.3 Å². The van der Waals surface area contributed by atoms with Crippen LogP contribution in [0.15, 0.2) is 24.2 Å². The maximum Gasteiger partial charge on any atom is 0.338 e. The highest BCUT2D eigenvalue weighted by Crippen LogP contribution is 2.06. The van der Waals surface area contributed by atoms with E-state index in [2.05, 4.69) is 0 Å². The molecule has 0 saturated carbocycles. The van der Waals surface area contributed by atoms with Crippen LogP contribution < -0.4 is 5.73 Å². The van der Waals surface area contributed by atoms with Gasteiger partial charge in [-0.25, -0.2) is 4.79 Å². The van der Waals surface area contributed by atoms with Crippen molar-refractivity contribution in [2.24, 2.45) is 0 Å². The van der Waals surface area contributed by atoms with Gasteiger partial charge in [0.05, 0.1) is 13.5 Å². The Morgan fingerprint density at radius 2 is 2.42 bits per heavy atom. The maximum absolute atomic E-state index is 11.2. The first-order valence-corrected chi connectivity index (χ1v) is 3.68. The predicted octanol–water partition coefficient (Wildman–Crippen LogP) is 1.45. The van der Waals surface area contributed by atoms with Crippen molar-refractivity contribution in [1.82, 2.24) is 0 Å². The highest BCUT2D eigenvalue weighted by Gasteiger charge is 2.03. The van der Waals surface area contributed by atoms with Gasteiger partial charge in [-0.05, 0) is 31.2 Å². The molecule has 1 rings (SSSR count). The zero-order valence-electron chi connectivity index (χ0n) is 7.83. The van der Waals surface area contributed by atoms with Crippen LogP contribution in [-0.2, 0) is 4.74 Å². The van der Waals surface area contributed by atoms with Crippen LogP contribution >= 0.6 is 0 Å². The summed E-state index contributed by atoms with van der Waals surface area (Å²) in [5.41, 5.74) is 6.15. The molecule has 0 heterocycles. The molecule has 0 saturated heterocycles. The lowest BCUT2D eigenvalue weighted by Gasteiger charge is -2.00. The second-order valence-corrected chi connectivity index (χ2v) is 2.26. The standard InChI is InChI=1S/C9H11NO2/c1-2-12-9(11)7-3-5-8(10)6-4-7/h3-6H,2,10H2,1H3/i3T. The molecule has 12 heavy (non-hydrogen) atoms. The fourth-order valence-corrected chi connectivity index (χ4v) is 0.773. The minimum Gasteiger partial charge on any atom is -0.462 e. The highest BCUT2D eigenvalue weighted by atomic mass is 16.5. The first-order valence-electron chi connectivity index (χ1n) is 4.18. The highest BCUT2D eigenvalue weighted by molar-refractivity contribution is 5.89. The van der Waals surface area contributed by atoms with Crippen molar-refractivity contribution >= 4 is 11.7 Å². The minimum atomic E-state index is -0.479. The molecule has 3 nitrogen and oxygen atoms in total. The van der Waals surface area contributed by atoms with Gasteiger partial charge in [-0.2, -0.15) is 0 Å². The Balaban J connectivity index is 2.95. The number of benzene rings is 1. The molecule has 0 spiro atoms. The van der Waals surface area contributed by atoms with E-state index in [4.69, 9.17) is 11.8 Å². The molecule has 0 aliphatic rings. The molecule has 3 heteroatoms. The van der Waals surface area contributed by atoms with Crippen LogP contribution in [-0.4, -0.2) is 12.6 Å². The molecule has 1 aromatic carbocycles. The summed E-state index contributed by atoms with van der Waals surface area (Å²) in [5, 5.41) is 0. The van der Waals surface area contributed by atoms with Crippen LogP contribution in [0.1, 0.15) is 18.7 Å². The molecule has 2 N–H and O–H groups in total. The molecule has 0 bridgehead atoms. The van der Waals surface area contributed by atoms with Gasteiger partial charge in [0.15, 0.2) is 0 Å². The van der Waals surface area contributed by atoms with E-state index in [0.29, 0.717) is 12.3 Å². The minimum absolute atomic E-state index is 0.0958. The van der Waals surface area contributed by atoms with Gasteiger partial charge in [0, 0.05) is 5.69 Å². The summed E-state index contributed by atoms with van der Waals surface area (Å²) in [6, 6.07) is 4.59. The monoisotopic (exact) mass is 167 g/mol. The normalized spacial score (nSPS) is 10.6. The topological polar surface area (TPSA) is 52.3 Å². The maximum atomic E-state index is 11.2. The number of rotatable bonds is 2. The first-order chi connectivity index (χ1) is 6.15. The van der Waals surface area contributed by atoms with Crippen molar-refractivity contribution in [3.8, 4) is 0 Å². The van der Waals surface area contributed by atoms with Crippen molar-refractivity contribution in [3.05, 3.63) is 29.8 Å². The number of esters is 1. The molecule has 0 aliphatic carbocycles. The average Bonchev–Trinajstić information content (AvgIpc) is 2.04. The summed E-state index contributed by atoms with van der Waals surface area (Å²) in [6.45, 7) is 2.03. The lowest BCUT2D eigenvalue weighted by molar-refractivity contribution is 0.0526. The van der Waals surface area contributed by atoms with Gasteiger partial charge in [0.25, 0.3) is 0 Å². The Morgan fingerprint density at radius 3 is 3.00 bits per heavy atom. The van der Waals surface area contributed by atoms with Crippen LogP contribution in [0.25, 0.3) is 0 Å². The molecule has 0 radical (unpaired) electrons. The molecule has 1 aromatic rings. The fourth-order valence-electron chi connectivity index (χ4n) is 0.773. The second-order valence-electron chi connectivity index (χ2n) is 2.26. The number of anilines is 1. The van der Waals surface area contributed by atoms with Gasteiger partial charge in [-0.3, -0.25) is 0 Å². The second kappa shape index (κ2) is 3.76. The summed E-state index contributed by atoms with van der Waals surface area (Å²) >= 11 is 0. The zero-order chi connectivity index (χ0) is 9.84. The third kappa shape index (κ3) is 1.99. The number of nitrogens with two attached hydrogens (primary N) is 1. The molecular formula is C9H11NO2. The largest absolute Gasteiger partial charge is 0.462 e. The van der Waals surface area contributed by atoms with E-state index in [1.54, 1.807) is 13.0 Å². The number of carbonyl (C=O) groups is 1. The van der Waals surface area contributed by atoms with E-state index < -0.39 is 5.97 Å². The van der Waals surface area contributed by atoms with E-state index in [1.165, 1.54) is 12.1 Å². The summed E-state index contributed by atoms with van der Waals surface area (Å²) < 4.78 is 12.2. The van der Waals surface area contributed by atoms with Crippen LogP contribution in [0.2, 0.25) is 0 Å². The van der Waals surface area contributed by atoms with Crippen LogP contribution in [0.5, 0.6) is 0 Å². The third-order valence-electron chi connectivity index (χ3n) is 1.33. The van der Waals surface area contributed by atoms with Crippen molar-refractivity contribution in [3.63, 3.8) is 0 Å². The Kier molecular flexibility index (Phi) is 2.24. The van der Waals surface area contributed by atoms with Gasteiger partial charge in [-0.1, -0.05) is 0 Å².